The zero-order chi connectivity index (χ0) is 17.8. The number of nitrogens with one attached hydrogen (secondary N) is 2. The van der Waals surface area contributed by atoms with Gasteiger partial charge in [-0.1, -0.05) is 28.9 Å². The van der Waals surface area contributed by atoms with Crippen molar-refractivity contribution >= 4 is 29.1 Å². The minimum atomic E-state index is -0.915. The van der Waals surface area contributed by atoms with E-state index in [0.717, 1.165) is 0 Å². The van der Waals surface area contributed by atoms with E-state index in [-0.39, 0.29) is 17.1 Å². The lowest BCUT2D eigenvalue weighted by Crippen LogP contribution is -2.46. The van der Waals surface area contributed by atoms with Gasteiger partial charge in [0.15, 0.2) is 0 Å². The van der Waals surface area contributed by atoms with Gasteiger partial charge in [-0.2, -0.15) is 0 Å². The molecule has 2 heterocycles. The molecule has 0 bridgehead atoms. The van der Waals surface area contributed by atoms with Crippen molar-refractivity contribution in [1.82, 2.24) is 15.8 Å². The zero-order valence-corrected chi connectivity index (χ0v) is 13.5. The maximum atomic E-state index is 13.2. The van der Waals surface area contributed by atoms with Gasteiger partial charge in [0.25, 0.3) is 11.8 Å². The second-order valence-corrected chi connectivity index (χ2v) is 5.55. The standard InChI is InChI=1S/C16H12ClFN4O3/c17-14-5-4-10(8-19-14)15(23)20-21-16(24)13-7-12(22-25-13)9-2-1-3-11(18)6-9/h1-6,8,13H,7H2,(H,20,23)(H,21,24)/t13-/m0/s1. The predicted octanol–water partition coefficient (Wildman–Crippen LogP) is 1.83. The number of rotatable bonds is 3. The summed E-state index contributed by atoms with van der Waals surface area (Å²) in [6.07, 6.45) is 0.524. The average Bonchev–Trinajstić information content (AvgIpc) is 3.10. The van der Waals surface area contributed by atoms with Crippen molar-refractivity contribution in [3.63, 3.8) is 0 Å². The van der Waals surface area contributed by atoms with Gasteiger partial charge in [-0.3, -0.25) is 20.4 Å². The number of oxime groups is 1. The van der Waals surface area contributed by atoms with Gasteiger partial charge in [-0.25, -0.2) is 9.37 Å². The molecule has 2 N–H and O–H groups in total. The number of hydrazine groups is 1. The predicted molar refractivity (Wildman–Crippen MR) is 87.3 cm³/mol. The monoisotopic (exact) mass is 362 g/mol. The lowest BCUT2D eigenvalue weighted by atomic mass is 10.0. The van der Waals surface area contributed by atoms with Gasteiger partial charge in [-0.15, -0.1) is 0 Å². The molecule has 3 rings (SSSR count). The van der Waals surface area contributed by atoms with Crippen molar-refractivity contribution in [3.8, 4) is 0 Å². The van der Waals surface area contributed by atoms with Crippen LogP contribution in [0.1, 0.15) is 22.3 Å². The van der Waals surface area contributed by atoms with Crippen LogP contribution < -0.4 is 10.9 Å². The van der Waals surface area contributed by atoms with Gasteiger partial charge in [0.2, 0.25) is 6.10 Å². The lowest BCUT2D eigenvalue weighted by molar-refractivity contribution is -0.131. The Morgan fingerprint density at radius 1 is 1.24 bits per heavy atom. The number of amides is 2. The van der Waals surface area contributed by atoms with Gasteiger partial charge in [0.1, 0.15) is 11.0 Å². The Hall–Kier alpha value is -3.00. The number of pyridine rings is 1. The number of carbonyl (C=O) groups is 2. The average molecular weight is 363 g/mol. The Morgan fingerprint density at radius 3 is 2.80 bits per heavy atom. The van der Waals surface area contributed by atoms with E-state index in [1.807, 2.05) is 0 Å². The summed E-state index contributed by atoms with van der Waals surface area (Å²) in [4.78, 5) is 32.7. The summed E-state index contributed by atoms with van der Waals surface area (Å²) in [5.41, 5.74) is 5.71. The van der Waals surface area contributed by atoms with E-state index in [1.165, 1.54) is 30.5 Å². The minimum Gasteiger partial charge on any atom is -0.382 e. The van der Waals surface area contributed by atoms with Gasteiger partial charge in [-0.05, 0) is 24.3 Å². The number of benzene rings is 1. The first-order valence-electron chi connectivity index (χ1n) is 7.23. The molecule has 1 aliphatic heterocycles. The fourth-order valence-corrected chi connectivity index (χ4v) is 2.25. The molecular formula is C16H12ClFN4O3. The normalized spacial score (nSPS) is 15.9. The van der Waals surface area contributed by atoms with Crippen LogP contribution in [0.25, 0.3) is 0 Å². The van der Waals surface area contributed by atoms with Crippen LogP contribution in [0.5, 0.6) is 0 Å². The highest BCUT2D eigenvalue weighted by Crippen LogP contribution is 2.17. The van der Waals surface area contributed by atoms with E-state index in [4.69, 9.17) is 16.4 Å². The first-order valence-corrected chi connectivity index (χ1v) is 7.61. The Kier molecular flexibility index (Phi) is 4.90. The smallest absolute Gasteiger partial charge is 0.282 e. The van der Waals surface area contributed by atoms with E-state index < -0.39 is 23.7 Å². The molecule has 0 fully saturated rings. The highest BCUT2D eigenvalue weighted by atomic mass is 35.5. The number of hydrogen-bond acceptors (Lipinski definition) is 5. The number of aromatic nitrogens is 1. The second-order valence-electron chi connectivity index (χ2n) is 5.16. The van der Waals surface area contributed by atoms with Crippen molar-refractivity contribution < 1.29 is 18.8 Å². The number of hydrogen-bond donors (Lipinski definition) is 2. The third-order valence-corrected chi connectivity index (χ3v) is 3.63. The largest absolute Gasteiger partial charge is 0.382 e. The van der Waals surface area contributed by atoms with E-state index >= 15 is 0 Å². The van der Waals surface area contributed by atoms with Crippen LogP contribution in [-0.4, -0.2) is 28.6 Å². The Labute approximate surface area is 146 Å². The fourth-order valence-electron chi connectivity index (χ4n) is 2.14. The summed E-state index contributed by atoms with van der Waals surface area (Å²) in [6, 6.07) is 8.75. The topological polar surface area (TPSA) is 92.7 Å². The molecule has 0 radical (unpaired) electrons. The maximum absolute atomic E-state index is 13.2. The van der Waals surface area contributed by atoms with Gasteiger partial charge in [0, 0.05) is 18.2 Å². The number of nitrogens with zero attached hydrogens (tertiary/aromatic N) is 2. The van der Waals surface area contributed by atoms with Crippen LogP contribution in [-0.2, 0) is 9.63 Å². The quantitative estimate of drug-likeness (QED) is 0.643. The van der Waals surface area contributed by atoms with E-state index in [0.29, 0.717) is 11.3 Å². The highest BCUT2D eigenvalue weighted by Gasteiger charge is 2.29. The molecule has 2 amide bonds. The first kappa shape index (κ1) is 16.8. The van der Waals surface area contributed by atoms with Gasteiger partial charge in [0.05, 0.1) is 11.3 Å². The Bertz CT molecular complexity index is 842. The van der Waals surface area contributed by atoms with Crippen molar-refractivity contribution in [3.05, 3.63) is 64.7 Å². The Morgan fingerprint density at radius 2 is 2.08 bits per heavy atom. The van der Waals surface area contributed by atoms with Crippen LogP contribution in [0.15, 0.2) is 47.8 Å². The molecule has 1 aromatic heterocycles. The fraction of sp³-hybridized carbons (Fsp3) is 0.125. The molecule has 2 aromatic rings. The summed E-state index contributed by atoms with van der Waals surface area (Å²) < 4.78 is 13.2. The minimum absolute atomic E-state index is 0.160. The van der Waals surface area contributed by atoms with Crippen LogP contribution in [0.4, 0.5) is 4.39 Å². The first-order chi connectivity index (χ1) is 12.0. The van der Waals surface area contributed by atoms with Crippen molar-refractivity contribution in [2.45, 2.75) is 12.5 Å². The van der Waals surface area contributed by atoms with Crippen molar-refractivity contribution in [2.24, 2.45) is 5.16 Å². The summed E-state index contributed by atoms with van der Waals surface area (Å²) in [7, 11) is 0. The Balaban J connectivity index is 1.53. The zero-order valence-electron chi connectivity index (χ0n) is 12.7. The molecule has 1 aliphatic rings. The molecule has 9 heteroatoms. The lowest BCUT2D eigenvalue weighted by Gasteiger charge is -2.10. The number of carbonyl (C=O) groups excluding carboxylic acids is 2. The third kappa shape index (κ3) is 4.10. The summed E-state index contributed by atoms with van der Waals surface area (Å²) in [5, 5.41) is 4.05. The van der Waals surface area contributed by atoms with E-state index in [2.05, 4.69) is 21.0 Å². The third-order valence-electron chi connectivity index (χ3n) is 3.41. The second kappa shape index (κ2) is 7.27. The molecule has 1 atom stereocenters. The molecule has 1 aromatic carbocycles. The SMILES string of the molecule is O=C(NNC(=O)[C@@H]1CC(c2cccc(F)c2)=NO1)c1ccc(Cl)nc1. The maximum Gasteiger partial charge on any atom is 0.282 e. The molecule has 0 spiro atoms. The molecule has 0 saturated carbocycles. The molecule has 7 nitrogen and oxygen atoms in total. The van der Waals surface area contributed by atoms with Crippen LogP contribution >= 0.6 is 11.6 Å². The molecule has 128 valence electrons. The highest BCUT2D eigenvalue weighted by molar-refractivity contribution is 6.29. The van der Waals surface area contributed by atoms with Crippen LogP contribution in [0.2, 0.25) is 5.15 Å². The van der Waals surface area contributed by atoms with Crippen molar-refractivity contribution in [2.75, 3.05) is 0 Å². The summed E-state index contributed by atoms with van der Waals surface area (Å²) >= 11 is 5.64. The summed E-state index contributed by atoms with van der Waals surface area (Å²) in [6.45, 7) is 0. The molecule has 0 saturated heterocycles. The molecular weight excluding hydrogens is 351 g/mol. The summed E-state index contributed by atoms with van der Waals surface area (Å²) in [5.74, 6) is -1.54. The van der Waals surface area contributed by atoms with E-state index in [9.17, 15) is 14.0 Å². The van der Waals surface area contributed by atoms with Crippen LogP contribution in [0, 0.1) is 5.82 Å². The molecule has 0 aliphatic carbocycles. The molecule has 0 unspecified atom stereocenters. The van der Waals surface area contributed by atoms with Crippen molar-refractivity contribution in [1.29, 1.82) is 0 Å². The van der Waals surface area contributed by atoms with Crippen LogP contribution in [0.3, 0.4) is 0 Å². The molecule has 25 heavy (non-hydrogen) atoms. The van der Waals surface area contributed by atoms with E-state index in [1.54, 1.807) is 12.1 Å². The van der Waals surface area contributed by atoms with Gasteiger partial charge < -0.3 is 4.84 Å². The van der Waals surface area contributed by atoms with Gasteiger partial charge >= 0.3 is 0 Å². The number of halogens is 2.